The fraction of sp³-hybridized carbons (Fsp3) is 0.474. The molecule has 2 fully saturated rings. The summed E-state index contributed by atoms with van der Waals surface area (Å²) in [4.78, 5) is 10.8. The SMILES string of the molecule is Cc1cc(N2CCC(C3NNCC3c3cccc(F)c3)CC2)nc(N)n1. The number of hydrazine groups is 1. The van der Waals surface area contributed by atoms with E-state index in [1.165, 1.54) is 6.07 Å². The van der Waals surface area contributed by atoms with Crippen LogP contribution in [0.25, 0.3) is 0 Å². The molecule has 0 amide bonds. The van der Waals surface area contributed by atoms with Crippen molar-refractivity contribution in [1.29, 1.82) is 0 Å². The van der Waals surface area contributed by atoms with Gasteiger partial charge in [0.2, 0.25) is 5.95 Å². The standard InChI is InChI=1S/C19H25FN6/c1-12-9-17(24-19(21)23-12)26-7-5-13(6-8-26)18-16(11-22-25-18)14-3-2-4-15(20)10-14/h2-4,9-10,13,16,18,22,25H,5-8,11H2,1H3,(H2,21,23,24). The molecule has 0 aliphatic carbocycles. The van der Waals surface area contributed by atoms with Gasteiger partial charge in [-0.05, 0) is 43.4 Å². The van der Waals surface area contributed by atoms with Crippen LogP contribution in [0.2, 0.25) is 0 Å². The van der Waals surface area contributed by atoms with Gasteiger partial charge in [-0.15, -0.1) is 0 Å². The van der Waals surface area contributed by atoms with Gasteiger partial charge >= 0.3 is 0 Å². The number of aryl methyl sites for hydroxylation is 1. The normalized spacial score (nSPS) is 24.2. The maximum atomic E-state index is 13.6. The molecule has 2 aliphatic heterocycles. The molecule has 0 bridgehead atoms. The molecule has 0 radical (unpaired) electrons. The number of rotatable bonds is 3. The van der Waals surface area contributed by atoms with E-state index in [4.69, 9.17) is 5.73 Å². The second kappa shape index (κ2) is 7.17. The summed E-state index contributed by atoms with van der Waals surface area (Å²) < 4.78 is 13.6. The molecule has 2 atom stereocenters. The second-order valence-electron chi connectivity index (χ2n) is 7.26. The van der Waals surface area contributed by atoms with Crippen molar-refractivity contribution in [1.82, 2.24) is 20.8 Å². The molecule has 26 heavy (non-hydrogen) atoms. The number of nitrogens with one attached hydrogen (secondary N) is 2. The number of benzene rings is 1. The quantitative estimate of drug-likeness (QED) is 0.781. The molecule has 4 rings (SSSR count). The maximum Gasteiger partial charge on any atom is 0.222 e. The van der Waals surface area contributed by atoms with Gasteiger partial charge in [0, 0.05) is 43.4 Å². The largest absolute Gasteiger partial charge is 0.368 e. The number of nitrogen functional groups attached to an aromatic ring is 1. The molecular weight excluding hydrogens is 331 g/mol. The van der Waals surface area contributed by atoms with Gasteiger partial charge in [0.15, 0.2) is 0 Å². The van der Waals surface area contributed by atoms with Gasteiger partial charge in [0.25, 0.3) is 0 Å². The third kappa shape index (κ3) is 3.50. The first kappa shape index (κ1) is 17.2. The third-order valence-corrected chi connectivity index (χ3v) is 5.53. The number of nitrogens with zero attached hydrogens (tertiary/aromatic N) is 3. The highest BCUT2D eigenvalue weighted by molar-refractivity contribution is 5.43. The Hall–Kier alpha value is -2.25. The van der Waals surface area contributed by atoms with Crippen LogP contribution in [0.4, 0.5) is 16.2 Å². The van der Waals surface area contributed by atoms with Crippen LogP contribution in [0.15, 0.2) is 30.3 Å². The van der Waals surface area contributed by atoms with Crippen molar-refractivity contribution in [3.05, 3.63) is 47.4 Å². The van der Waals surface area contributed by atoms with E-state index in [2.05, 4.69) is 25.7 Å². The van der Waals surface area contributed by atoms with Crippen molar-refractivity contribution in [2.45, 2.75) is 31.7 Å². The second-order valence-corrected chi connectivity index (χ2v) is 7.26. The average Bonchev–Trinajstić information content (AvgIpc) is 3.11. The van der Waals surface area contributed by atoms with Crippen LogP contribution in [0.1, 0.15) is 30.0 Å². The van der Waals surface area contributed by atoms with E-state index >= 15 is 0 Å². The molecule has 0 spiro atoms. The molecule has 3 heterocycles. The lowest BCUT2D eigenvalue weighted by Gasteiger charge is -2.37. The zero-order chi connectivity index (χ0) is 18.1. The van der Waals surface area contributed by atoms with Crippen LogP contribution in [0.5, 0.6) is 0 Å². The van der Waals surface area contributed by atoms with Crippen LogP contribution < -0.4 is 21.5 Å². The minimum atomic E-state index is -0.167. The lowest BCUT2D eigenvalue weighted by atomic mass is 9.80. The van der Waals surface area contributed by atoms with Crippen molar-refractivity contribution in [3.8, 4) is 0 Å². The maximum absolute atomic E-state index is 13.6. The minimum absolute atomic E-state index is 0.167. The van der Waals surface area contributed by atoms with E-state index in [0.29, 0.717) is 23.8 Å². The highest BCUT2D eigenvalue weighted by Gasteiger charge is 2.36. The zero-order valence-corrected chi connectivity index (χ0v) is 15.0. The lowest BCUT2D eigenvalue weighted by molar-refractivity contribution is 0.295. The predicted octanol–water partition coefficient (Wildman–Crippen LogP) is 1.98. The van der Waals surface area contributed by atoms with Crippen molar-refractivity contribution in [2.24, 2.45) is 5.92 Å². The fourth-order valence-corrected chi connectivity index (χ4v) is 4.25. The summed E-state index contributed by atoms with van der Waals surface area (Å²) in [7, 11) is 0. The van der Waals surface area contributed by atoms with E-state index in [9.17, 15) is 4.39 Å². The summed E-state index contributed by atoms with van der Waals surface area (Å²) in [5, 5.41) is 0. The van der Waals surface area contributed by atoms with E-state index in [-0.39, 0.29) is 5.82 Å². The van der Waals surface area contributed by atoms with E-state index in [1.54, 1.807) is 12.1 Å². The molecule has 0 saturated carbocycles. The number of hydrogen-bond acceptors (Lipinski definition) is 6. The number of hydrogen-bond donors (Lipinski definition) is 3. The van der Waals surface area contributed by atoms with Gasteiger partial charge in [-0.1, -0.05) is 12.1 Å². The molecule has 2 aromatic rings. The number of aromatic nitrogens is 2. The highest BCUT2D eigenvalue weighted by Crippen LogP contribution is 2.33. The Morgan fingerprint density at radius 3 is 2.73 bits per heavy atom. The van der Waals surface area contributed by atoms with Crippen LogP contribution in [0.3, 0.4) is 0 Å². The molecule has 138 valence electrons. The van der Waals surface area contributed by atoms with Crippen LogP contribution >= 0.6 is 0 Å². The van der Waals surface area contributed by atoms with Crippen molar-refractivity contribution in [3.63, 3.8) is 0 Å². The summed E-state index contributed by atoms with van der Waals surface area (Å²) in [5.74, 6) is 1.90. The zero-order valence-electron chi connectivity index (χ0n) is 15.0. The number of piperidine rings is 1. The monoisotopic (exact) mass is 356 g/mol. The van der Waals surface area contributed by atoms with Gasteiger partial charge in [-0.2, -0.15) is 4.98 Å². The topological polar surface area (TPSA) is 79.1 Å². The minimum Gasteiger partial charge on any atom is -0.368 e. The van der Waals surface area contributed by atoms with Gasteiger partial charge in [0.05, 0.1) is 0 Å². The summed E-state index contributed by atoms with van der Waals surface area (Å²) >= 11 is 0. The lowest BCUT2D eigenvalue weighted by Crippen LogP contribution is -2.44. The molecule has 2 unspecified atom stereocenters. The Labute approximate surface area is 153 Å². The summed E-state index contributed by atoms with van der Waals surface area (Å²) in [6, 6.07) is 9.29. The van der Waals surface area contributed by atoms with Crippen LogP contribution in [-0.4, -0.2) is 35.6 Å². The third-order valence-electron chi connectivity index (χ3n) is 5.53. The Bertz CT molecular complexity index is 754. The molecular formula is C19H25FN6. The Morgan fingerprint density at radius 2 is 2.00 bits per heavy atom. The first-order chi connectivity index (χ1) is 12.6. The molecule has 1 aromatic heterocycles. The molecule has 4 N–H and O–H groups in total. The first-order valence-electron chi connectivity index (χ1n) is 9.20. The number of nitrogens with two attached hydrogens (primary N) is 1. The highest BCUT2D eigenvalue weighted by atomic mass is 19.1. The molecule has 2 aliphatic rings. The van der Waals surface area contributed by atoms with Crippen molar-refractivity contribution >= 4 is 11.8 Å². The predicted molar refractivity (Wildman–Crippen MR) is 100 cm³/mol. The van der Waals surface area contributed by atoms with Gasteiger partial charge in [-0.3, -0.25) is 10.9 Å². The van der Waals surface area contributed by atoms with E-state index in [1.807, 2.05) is 19.1 Å². The molecule has 1 aromatic carbocycles. The first-order valence-corrected chi connectivity index (χ1v) is 9.20. The molecule has 6 nitrogen and oxygen atoms in total. The van der Waals surface area contributed by atoms with Crippen molar-refractivity contribution in [2.75, 3.05) is 30.3 Å². The molecule has 2 saturated heterocycles. The average molecular weight is 356 g/mol. The van der Waals surface area contributed by atoms with Gasteiger partial charge in [0.1, 0.15) is 11.6 Å². The smallest absolute Gasteiger partial charge is 0.222 e. The Morgan fingerprint density at radius 1 is 1.19 bits per heavy atom. The number of anilines is 2. The van der Waals surface area contributed by atoms with Crippen LogP contribution in [0, 0.1) is 18.7 Å². The van der Waals surface area contributed by atoms with Gasteiger partial charge in [-0.25, -0.2) is 9.37 Å². The van der Waals surface area contributed by atoms with Crippen LogP contribution in [-0.2, 0) is 0 Å². The fourth-order valence-electron chi connectivity index (χ4n) is 4.25. The van der Waals surface area contributed by atoms with Gasteiger partial charge < -0.3 is 10.6 Å². The van der Waals surface area contributed by atoms with Crippen molar-refractivity contribution < 1.29 is 4.39 Å². The Kier molecular flexibility index (Phi) is 4.74. The van der Waals surface area contributed by atoms with E-state index < -0.39 is 0 Å². The van der Waals surface area contributed by atoms with E-state index in [0.717, 1.165) is 49.6 Å². The molecule has 7 heteroatoms. The number of halogens is 1. The summed E-state index contributed by atoms with van der Waals surface area (Å²) in [5.41, 5.74) is 14.4. The summed E-state index contributed by atoms with van der Waals surface area (Å²) in [6.07, 6.45) is 2.13. The summed E-state index contributed by atoms with van der Waals surface area (Å²) in [6.45, 7) is 4.64. The Balaban J connectivity index is 1.44.